The first-order valence-electron chi connectivity index (χ1n) is 7.91. The maximum atomic E-state index is 12.2. The van der Waals surface area contributed by atoms with Gasteiger partial charge in [0, 0.05) is 12.2 Å². The van der Waals surface area contributed by atoms with Crippen LogP contribution < -0.4 is 10.6 Å². The summed E-state index contributed by atoms with van der Waals surface area (Å²) in [6.07, 6.45) is 4.01. The summed E-state index contributed by atoms with van der Waals surface area (Å²) in [6, 6.07) is 8.54. The first-order valence-corrected chi connectivity index (χ1v) is 8.66. The number of nitrogens with one attached hydrogen (secondary N) is 2. The lowest BCUT2D eigenvalue weighted by Crippen LogP contribution is -2.38. The molecule has 2 N–H and O–H groups in total. The number of carbonyl (C=O) groups excluding carboxylic acids is 1. The van der Waals surface area contributed by atoms with E-state index < -0.39 is 0 Å². The van der Waals surface area contributed by atoms with E-state index in [4.69, 9.17) is 27.6 Å². The molecule has 1 saturated heterocycles. The summed E-state index contributed by atoms with van der Waals surface area (Å²) in [6.45, 7) is 2.50. The van der Waals surface area contributed by atoms with Crippen molar-refractivity contribution in [2.45, 2.75) is 18.9 Å². The van der Waals surface area contributed by atoms with Crippen LogP contribution in [0, 0.1) is 0 Å². The van der Waals surface area contributed by atoms with Gasteiger partial charge in [0.2, 0.25) is 0 Å². The van der Waals surface area contributed by atoms with Crippen molar-refractivity contribution in [3.63, 3.8) is 0 Å². The van der Waals surface area contributed by atoms with Crippen molar-refractivity contribution in [2.75, 3.05) is 25.0 Å². The maximum Gasteiger partial charge on any atom is 0.319 e. The van der Waals surface area contributed by atoms with Gasteiger partial charge in [0.15, 0.2) is 0 Å². The molecule has 1 unspecified atom stereocenters. The van der Waals surface area contributed by atoms with Gasteiger partial charge in [-0.25, -0.2) is 4.79 Å². The van der Waals surface area contributed by atoms with E-state index in [1.165, 1.54) is 12.8 Å². The van der Waals surface area contributed by atoms with Gasteiger partial charge in [-0.15, -0.1) is 0 Å². The van der Waals surface area contributed by atoms with Crippen molar-refractivity contribution < 1.29 is 9.21 Å². The van der Waals surface area contributed by atoms with Crippen molar-refractivity contribution in [3.05, 3.63) is 52.4 Å². The Balaban J connectivity index is 1.59. The molecule has 0 radical (unpaired) electrons. The van der Waals surface area contributed by atoms with Crippen molar-refractivity contribution in [1.29, 1.82) is 0 Å². The first-order chi connectivity index (χ1) is 11.6. The van der Waals surface area contributed by atoms with Crippen LogP contribution in [0.5, 0.6) is 0 Å². The Hall–Kier alpha value is -1.69. The normalized spacial score (nSPS) is 16.1. The number of anilines is 1. The van der Waals surface area contributed by atoms with Gasteiger partial charge in [0.05, 0.1) is 22.4 Å². The number of amides is 2. The number of urea groups is 1. The Morgan fingerprint density at radius 3 is 2.67 bits per heavy atom. The molecule has 3 rings (SSSR count). The molecule has 1 aliphatic rings. The molecule has 1 atom stereocenters. The number of benzene rings is 1. The quantitative estimate of drug-likeness (QED) is 0.814. The summed E-state index contributed by atoms with van der Waals surface area (Å²) in [7, 11) is 0. The third-order valence-corrected chi connectivity index (χ3v) is 4.83. The topological polar surface area (TPSA) is 57.5 Å². The molecule has 0 bridgehead atoms. The van der Waals surface area contributed by atoms with Gasteiger partial charge >= 0.3 is 6.03 Å². The van der Waals surface area contributed by atoms with E-state index in [1.807, 2.05) is 12.1 Å². The molecule has 2 heterocycles. The van der Waals surface area contributed by atoms with Gasteiger partial charge in [-0.1, -0.05) is 23.2 Å². The number of furan rings is 1. The fourth-order valence-electron chi connectivity index (χ4n) is 2.88. The molecular weight excluding hydrogens is 349 g/mol. The highest BCUT2D eigenvalue weighted by Crippen LogP contribution is 2.26. The lowest BCUT2D eigenvalue weighted by Gasteiger charge is -2.26. The lowest BCUT2D eigenvalue weighted by atomic mass is 10.2. The summed E-state index contributed by atoms with van der Waals surface area (Å²) in [5, 5.41) is 6.52. The Morgan fingerprint density at radius 1 is 1.21 bits per heavy atom. The molecule has 1 aromatic carbocycles. The number of halogens is 2. The number of carbonyl (C=O) groups is 1. The Bertz CT molecular complexity index is 685. The van der Waals surface area contributed by atoms with Crippen LogP contribution >= 0.6 is 23.2 Å². The molecule has 0 saturated carbocycles. The first kappa shape index (κ1) is 17.1. The second-order valence-corrected chi connectivity index (χ2v) is 6.55. The SMILES string of the molecule is O=C(NCC(c1ccco1)N1CCCC1)Nc1ccc(Cl)c(Cl)c1. The number of likely N-dealkylation sites (tertiary alicyclic amines) is 1. The van der Waals surface area contributed by atoms with Crippen LogP contribution in [0.2, 0.25) is 10.0 Å². The van der Waals surface area contributed by atoms with Gasteiger partial charge in [-0.2, -0.15) is 0 Å². The number of nitrogens with zero attached hydrogens (tertiary/aromatic N) is 1. The van der Waals surface area contributed by atoms with E-state index in [9.17, 15) is 4.79 Å². The van der Waals surface area contributed by atoms with Crippen LogP contribution in [0.3, 0.4) is 0 Å². The predicted molar refractivity (Wildman–Crippen MR) is 95.7 cm³/mol. The zero-order valence-corrected chi connectivity index (χ0v) is 14.6. The molecule has 1 aliphatic heterocycles. The van der Waals surface area contributed by atoms with E-state index >= 15 is 0 Å². The smallest absolute Gasteiger partial charge is 0.319 e. The summed E-state index contributed by atoms with van der Waals surface area (Å²) in [5.74, 6) is 0.867. The summed E-state index contributed by atoms with van der Waals surface area (Å²) in [5.41, 5.74) is 0.595. The van der Waals surface area contributed by atoms with Crippen LogP contribution in [0.25, 0.3) is 0 Å². The maximum absolute atomic E-state index is 12.2. The van der Waals surface area contributed by atoms with Crippen LogP contribution in [0.15, 0.2) is 41.0 Å². The van der Waals surface area contributed by atoms with Crippen LogP contribution in [0.1, 0.15) is 24.6 Å². The monoisotopic (exact) mass is 367 g/mol. The molecular formula is C17H19Cl2N3O2. The van der Waals surface area contributed by atoms with Gasteiger partial charge in [-0.05, 0) is 56.3 Å². The minimum Gasteiger partial charge on any atom is -0.468 e. The van der Waals surface area contributed by atoms with Gasteiger partial charge in [0.1, 0.15) is 5.76 Å². The standard InChI is InChI=1S/C17H19Cl2N3O2/c18-13-6-5-12(10-14(13)19)21-17(23)20-11-15(16-4-3-9-24-16)22-7-1-2-8-22/h3-6,9-10,15H,1-2,7-8,11H2,(H2,20,21,23). The Morgan fingerprint density at radius 2 is 2.00 bits per heavy atom. The predicted octanol–water partition coefficient (Wildman–Crippen LogP) is 4.55. The average molecular weight is 368 g/mol. The van der Waals surface area contributed by atoms with E-state index in [2.05, 4.69) is 15.5 Å². The number of rotatable bonds is 5. The largest absolute Gasteiger partial charge is 0.468 e. The molecule has 1 aromatic heterocycles. The van der Waals surface area contributed by atoms with E-state index in [-0.39, 0.29) is 12.1 Å². The summed E-state index contributed by atoms with van der Waals surface area (Å²) >= 11 is 11.8. The molecule has 0 spiro atoms. The minimum atomic E-state index is -0.288. The van der Waals surface area contributed by atoms with E-state index in [0.29, 0.717) is 22.3 Å². The highest BCUT2D eigenvalue weighted by molar-refractivity contribution is 6.42. The third-order valence-electron chi connectivity index (χ3n) is 4.09. The minimum absolute atomic E-state index is 0.0436. The molecule has 24 heavy (non-hydrogen) atoms. The zero-order valence-electron chi connectivity index (χ0n) is 13.1. The molecule has 2 amide bonds. The summed E-state index contributed by atoms with van der Waals surface area (Å²) < 4.78 is 5.54. The van der Waals surface area contributed by atoms with Crippen molar-refractivity contribution in [2.24, 2.45) is 0 Å². The van der Waals surface area contributed by atoms with Crippen molar-refractivity contribution >= 4 is 34.9 Å². The highest BCUT2D eigenvalue weighted by Gasteiger charge is 2.25. The Labute approximate surface area is 150 Å². The average Bonchev–Trinajstić information content (AvgIpc) is 3.25. The van der Waals surface area contributed by atoms with Crippen molar-refractivity contribution in [1.82, 2.24) is 10.2 Å². The molecule has 128 valence electrons. The molecule has 5 nitrogen and oxygen atoms in total. The second kappa shape index (κ2) is 7.92. The molecule has 2 aromatic rings. The van der Waals surface area contributed by atoms with Crippen molar-refractivity contribution in [3.8, 4) is 0 Å². The van der Waals surface area contributed by atoms with E-state index in [1.54, 1.807) is 24.5 Å². The highest BCUT2D eigenvalue weighted by atomic mass is 35.5. The van der Waals surface area contributed by atoms with Crippen LogP contribution in [0.4, 0.5) is 10.5 Å². The van der Waals surface area contributed by atoms with E-state index in [0.717, 1.165) is 18.8 Å². The number of hydrogen-bond acceptors (Lipinski definition) is 3. The fourth-order valence-corrected chi connectivity index (χ4v) is 3.18. The van der Waals surface area contributed by atoms with Gasteiger partial charge in [-0.3, -0.25) is 4.90 Å². The Kier molecular flexibility index (Phi) is 5.66. The molecule has 0 aliphatic carbocycles. The zero-order chi connectivity index (χ0) is 16.9. The fraction of sp³-hybridized carbons (Fsp3) is 0.353. The number of hydrogen-bond donors (Lipinski definition) is 2. The van der Waals surface area contributed by atoms with Crippen LogP contribution in [-0.4, -0.2) is 30.6 Å². The van der Waals surface area contributed by atoms with Crippen LogP contribution in [-0.2, 0) is 0 Å². The second-order valence-electron chi connectivity index (χ2n) is 5.74. The third kappa shape index (κ3) is 4.23. The molecule has 1 fully saturated rings. The van der Waals surface area contributed by atoms with Gasteiger partial charge < -0.3 is 15.1 Å². The van der Waals surface area contributed by atoms with Gasteiger partial charge in [0.25, 0.3) is 0 Å². The molecule has 7 heteroatoms. The lowest BCUT2D eigenvalue weighted by molar-refractivity contribution is 0.207. The summed E-state index contributed by atoms with van der Waals surface area (Å²) in [4.78, 5) is 14.5.